The number of urea groups is 1. The molecule has 0 bridgehead atoms. The van der Waals surface area contributed by atoms with Crippen LogP contribution in [-0.2, 0) is 6.42 Å². The third-order valence-corrected chi connectivity index (χ3v) is 3.64. The van der Waals surface area contributed by atoms with Gasteiger partial charge in [-0.15, -0.1) is 0 Å². The molecule has 1 aromatic rings. The van der Waals surface area contributed by atoms with Crippen LogP contribution in [-0.4, -0.2) is 29.7 Å². The van der Waals surface area contributed by atoms with Crippen molar-refractivity contribution in [2.45, 2.75) is 32.2 Å². The summed E-state index contributed by atoms with van der Waals surface area (Å²) in [6.45, 7) is 2.59. The van der Waals surface area contributed by atoms with Crippen LogP contribution in [0.4, 0.5) is 4.79 Å². The van der Waals surface area contributed by atoms with E-state index >= 15 is 0 Å². The molecule has 1 saturated carbocycles. The van der Waals surface area contributed by atoms with Crippen LogP contribution in [0.1, 0.15) is 35.7 Å². The lowest BCUT2D eigenvalue weighted by atomic mass is 9.82. The molecule has 1 aliphatic carbocycles. The molecule has 0 unspecified atom stereocenters. The predicted molar refractivity (Wildman–Crippen MR) is 75.8 cm³/mol. The lowest BCUT2D eigenvalue weighted by molar-refractivity contribution is 0.0695. The van der Waals surface area contributed by atoms with Crippen LogP contribution in [0.5, 0.6) is 0 Å². The number of carbonyl (C=O) groups excluding carboxylic acids is 1. The van der Waals surface area contributed by atoms with Gasteiger partial charge in [0.25, 0.3) is 0 Å². The van der Waals surface area contributed by atoms with E-state index in [2.05, 4.69) is 17.6 Å². The molecule has 5 heteroatoms. The molecular formula is C15H20N2O3. The van der Waals surface area contributed by atoms with Gasteiger partial charge in [-0.05, 0) is 36.8 Å². The van der Waals surface area contributed by atoms with Gasteiger partial charge in [0.05, 0.1) is 5.56 Å². The van der Waals surface area contributed by atoms with Gasteiger partial charge in [0, 0.05) is 12.6 Å². The van der Waals surface area contributed by atoms with Gasteiger partial charge in [-0.2, -0.15) is 0 Å². The largest absolute Gasteiger partial charge is 0.478 e. The third kappa shape index (κ3) is 3.73. The Kier molecular flexibility index (Phi) is 4.61. The average Bonchev–Trinajstić information content (AvgIpc) is 2.37. The number of aromatic carboxylic acids is 1. The van der Waals surface area contributed by atoms with Gasteiger partial charge in [-0.3, -0.25) is 0 Å². The maximum absolute atomic E-state index is 11.6. The summed E-state index contributed by atoms with van der Waals surface area (Å²) in [6.07, 6.45) is 2.58. The second-order valence-corrected chi connectivity index (χ2v) is 5.39. The van der Waals surface area contributed by atoms with Crippen LogP contribution in [0, 0.1) is 5.92 Å². The van der Waals surface area contributed by atoms with Gasteiger partial charge in [0.2, 0.25) is 0 Å². The molecule has 1 fully saturated rings. The van der Waals surface area contributed by atoms with Gasteiger partial charge in [0.1, 0.15) is 0 Å². The van der Waals surface area contributed by atoms with Crippen LogP contribution < -0.4 is 10.6 Å². The summed E-state index contributed by atoms with van der Waals surface area (Å²) >= 11 is 0. The standard InChI is InChI=1S/C15H20N2O3/c1-10-8-12(9-10)17-15(20)16-7-6-11-4-2-3-5-13(11)14(18)19/h2-5,10,12H,6-9H2,1H3,(H,18,19)(H2,16,17,20). The summed E-state index contributed by atoms with van der Waals surface area (Å²) in [5.41, 5.74) is 1.03. The normalized spacial score (nSPS) is 20.9. The van der Waals surface area contributed by atoms with Crippen molar-refractivity contribution in [1.82, 2.24) is 10.6 Å². The van der Waals surface area contributed by atoms with E-state index in [1.54, 1.807) is 24.3 Å². The number of hydrogen-bond donors (Lipinski definition) is 3. The number of nitrogens with one attached hydrogen (secondary N) is 2. The minimum absolute atomic E-state index is 0.172. The zero-order valence-electron chi connectivity index (χ0n) is 11.6. The van der Waals surface area contributed by atoms with E-state index in [0.717, 1.165) is 18.4 Å². The first-order chi connectivity index (χ1) is 9.56. The van der Waals surface area contributed by atoms with Crippen molar-refractivity contribution < 1.29 is 14.7 Å². The van der Waals surface area contributed by atoms with E-state index in [1.165, 1.54) is 0 Å². The molecule has 20 heavy (non-hydrogen) atoms. The van der Waals surface area contributed by atoms with Crippen LogP contribution in [0.25, 0.3) is 0 Å². The smallest absolute Gasteiger partial charge is 0.335 e. The lowest BCUT2D eigenvalue weighted by Crippen LogP contribution is -2.48. The molecular weight excluding hydrogens is 256 g/mol. The van der Waals surface area contributed by atoms with Gasteiger partial charge in [-0.25, -0.2) is 9.59 Å². The fraction of sp³-hybridized carbons (Fsp3) is 0.467. The van der Waals surface area contributed by atoms with Gasteiger partial charge in [0.15, 0.2) is 0 Å². The number of hydrogen-bond acceptors (Lipinski definition) is 2. The molecule has 0 heterocycles. The number of carbonyl (C=O) groups is 2. The first kappa shape index (κ1) is 14.4. The Morgan fingerprint density at radius 3 is 2.65 bits per heavy atom. The quantitative estimate of drug-likeness (QED) is 0.770. The summed E-state index contributed by atoms with van der Waals surface area (Å²) < 4.78 is 0. The van der Waals surface area contributed by atoms with Crippen molar-refractivity contribution in [3.05, 3.63) is 35.4 Å². The van der Waals surface area contributed by atoms with E-state index in [9.17, 15) is 9.59 Å². The second-order valence-electron chi connectivity index (χ2n) is 5.39. The Bertz CT molecular complexity index is 496. The number of rotatable bonds is 5. The average molecular weight is 276 g/mol. The zero-order valence-corrected chi connectivity index (χ0v) is 11.6. The number of benzene rings is 1. The zero-order chi connectivity index (χ0) is 14.5. The highest BCUT2D eigenvalue weighted by molar-refractivity contribution is 5.89. The monoisotopic (exact) mass is 276 g/mol. The van der Waals surface area contributed by atoms with Crippen LogP contribution in [0.3, 0.4) is 0 Å². The summed E-state index contributed by atoms with van der Waals surface area (Å²) in [6, 6.07) is 6.97. The van der Waals surface area contributed by atoms with Crippen molar-refractivity contribution >= 4 is 12.0 Å². The Morgan fingerprint density at radius 2 is 2.00 bits per heavy atom. The number of carboxylic acid groups (broad SMARTS) is 1. The molecule has 0 aliphatic heterocycles. The second kappa shape index (κ2) is 6.41. The highest BCUT2D eigenvalue weighted by Gasteiger charge is 2.26. The van der Waals surface area contributed by atoms with E-state index in [4.69, 9.17) is 5.11 Å². The maximum atomic E-state index is 11.6. The van der Waals surface area contributed by atoms with Crippen molar-refractivity contribution in [3.63, 3.8) is 0 Å². The van der Waals surface area contributed by atoms with Crippen molar-refractivity contribution in [1.29, 1.82) is 0 Å². The fourth-order valence-corrected chi connectivity index (χ4v) is 2.51. The first-order valence-electron chi connectivity index (χ1n) is 6.92. The Hall–Kier alpha value is -2.04. The molecule has 2 amide bonds. The SMILES string of the molecule is CC1CC(NC(=O)NCCc2ccccc2C(=O)O)C1. The minimum Gasteiger partial charge on any atom is -0.478 e. The molecule has 0 aromatic heterocycles. The molecule has 2 rings (SSSR count). The molecule has 1 aromatic carbocycles. The topological polar surface area (TPSA) is 78.4 Å². The molecule has 1 aliphatic rings. The first-order valence-corrected chi connectivity index (χ1v) is 6.92. The molecule has 108 valence electrons. The number of amides is 2. The lowest BCUT2D eigenvalue weighted by Gasteiger charge is -2.33. The van der Waals surface area contributed by atoms with Crippen molar-refractivity contribution in [2.75, 3.05) is 6.54 Å². The van der Waals surface area contributed by atoms with E-state index in [-0.39, 0.29) is 12.1 Å². The van der Waals surface area contributed by atoms with Crippen LogP contribution in [0.15, 0.2) is 24.3 Å². The third-order valence-electron chi connectivity index (χ3n) is 3.64. The minimum atomic E-state index is -0.937. The van der Waals surface area contributed by atoms with Gasteiger partial charge < -0.3 is 15.7 Å². The molecule has 5 nitrogen and oxygen atoms in total. The Morgan fingerprint density at radius 1 is 1.30 bits per heavy atom. The predicted octanol–water partition coefficient (Wildman–Crippen LogP) is 2.03. The summed E-state index contributed by atoms with van der Waals surface area (Å²) in [5.74, 6) is -0.240. The van der Waals surface area contributed by atoms with Crippen LogP contribution >= 0.6 is 0 Å². The highest BCUT2D eigenvalue weighted by atomic mass is 16.4. The fourth-order valence-electron chi connectivity index (χ4n) is 2.51. The van der Waals surface area contributed by atoms with Crippen LogP contribution in [0.2, 0.25) is 0 Å². The summed E-state index contributed by atoms with van der Waals surface area (Å²) in [5, 5.41) is 14.7. The van der Waals surface area contributed by atoms with Gasteiger partial charge >= 0.3 is 12.0 Å². The van der Waals surface area contributed by atoms with Gasteiger partial charge in [-0.1, -0.05) is 25.1 Å². The maximum Gasteiger partial charge on any atom is 0.335 e. The molecule has 0 radical (unpaired) electrons. The van der Waals surface area contributed by atoms with Crippen molar-refractivity contribution in [2.24, 2.45) is 5.92 Å². The Labute approximate surface area is 118 Å². The van der Waals surface area contributed by atoms with E-state index in [0.29, 0.717) is 24.4 Å². The summed E-state index contributed by atoms with van der Waals surface area (Å²) in [7, 11) is 0. The number of carboxylic acids is 1. The summed E-state index contributed by atoms with van der Waals surface area (Å²) in [4.78, 5) is 22.7. The molecule has 0 spiro atoms. The van der Waals surface area contributed by atoms with E-state index < -0.39 is 5.97 Å². The van der Waals surface area contributed by atoms with E-state index in [1.807, 2.05) is 0 Å². The highest BCUT2D eigenvalue weighted by Crippen LogP contribution is 2.25. The molecule has 0 saturated heterocycles. The Balaban J connectivity index is 1.75. The molecule has 0 atom stereocenters. The molecule has 3 N–H and O–H groups in total. The van der Waals surface area contributed by atoms with Crippen molar-refractivity contribution in [3.8, 4) is 0 Å².